The number of halogens is 3. The van der Waals surface area contributed by atoms with Crippen molar-refractivity contribution >= 4 is 52.2 Å². The molecular formula is C24H16Cl2FNO3S. The first-order chi connectivity index (χ1) is 15.4. The minimum Gasteiger partial charge on any atom is -0.489 e. The molecule has 1 aliphatic heterocycles. The number of hydrogen-bond acceptors (Lipinski definition) is 4. The van der Waals surface area contributed by atoms with E-state index in [1.54, 1.807) is 36.4 Å². The van der Waals surface area contributed by atoms with Crippen molar-refractivity contribution in [2.45, 2.75) is 13.2 Å². The van der Waals surface area contributed by atoms with Crippen LogP contribution in [0.15, 0.2) is 71.6 Å². The van der Waals surface area contributed by atoms with Crippen LogP contribution in [0.1, 0.15) is 16.7 Å². The Kier molecular flexibility index (Phi) is 6.84. The van der Waals surface area contributed by atoms with Crippen LogP contribution in [0.3, 0.4) is 0 Å². The maximum absolute atomic E-state index is 13.2. The summed E-state index contributed by atoms with van der Waals surface area (Å²) in [6.07, 6.45) is 1.65. The van der Waals surface area contributed by atoms with E-state index < -0.39 is 17.0 Å². The number of carbonyl (C=O) groups excluding carboxylic acids is 2. The molecule has 1 fully saturated rings. The molecule has 1 heterocycles. The van der Waals surface area contributed by atoms with Crippen LogP contribution in [0.2, 0.25) is 10.0 Å². The standard InChI is InChI=1S/C24H16Cl2FNO3S/c25-18-3-1-2-16(10-18)14-31-20-8-4-15(5-9-20)11-22-23(29)28(24(30)32-22)13-17-6-7-19(27)12-21(17)26/h1-12H,13-14H2/b22-11-. The Balaban J connectivity index is 1.42. The number of amides is 2. The molecular weight excluding hydrogens is 472 g/mol. The monoisotopic (exact) mass is 487 g/mol. The molecule has 162 valence electrons. The maximum Gasteiger partial charge on any atom is 0.293 e. The highest BCUT2D eigenvalue weighted by atomic mass is 35.5. The van der Waals surface area contributed by atoms with Crippen molar-refractivity contribution in [1.82, 2.24) is 4.90 Å². The predicted molar refractivity (Wildman–Crippen MR) is 125 cm³/mol. The summed E-state index contributed by atoms with van der Waals surface area (Å²) in [6, 6.07) is 18.5. The van der Waals surface area contributed by atoms with Crippen LogP contribution in [0.4, 0.5) is 9.18 Å². The Bertz CT molecular complexity index is 1210. The van der Waals surface area contributed by atoms with Crippen molar-refractivity contribution in [3.8, 4) is 5.75 Å². The van der Waals surface area contributed by atoms with Gasteiger partial charge in [0.05, 0.1) is 11.4 Å². The molecule has 0 unspecified atom stereocenters. The van der Waals surface area contributed by atoms with Gasteiger partial charge in [0.25, 0.3) is 11.1 Å². The predicted octanol–water partition coefficient (Wildman–Crippen LogP) is 6.95. The lowest BCUT2D eigenvalue weighted by atomic mass is 10.2. The first kappa shape index (κ1) is 22.4. The van der Waals surface area contributed by atoms with Crippen LogP contribution in [-0.4, -0.2) is 16.0 Å². The molecule has 0 saturated carbocycles. The SMILES string of the molecule is O=C1S/C(=C\c2ccc(OCc3cccc(Cl)c3)cc2)C(=O)N1Cc1ccc(F)cc1Cl. The summed E-state index contributed by atoms with van der Waals surface area (Å²) in [4.78, 5) is 26.5. The zero-order valence-corrected chi connectivity index (χ0v) is 18.9. The van der Waals surface area contributed by atoms with Crippen LogP contribution in [0.5, 0.6) is 5.75 Å². The molecule has 1 saturated heterocycles. The van der Waals surface area contributed by atoms with Crippen LogP contribution in [0, 0.1) is 5.82 Å². The van der Waals surface area contributed by atoms with Crippen molar-refractivity contribution < 1.29 is 18.7 Å². The number of ether oxygens (including phenoxy) is 1. The summed E-state index contributed by atoms with van der Waals surface area (Å²) in [5.41, 5.74) is 2.21. The highest BCUT2D eigenvalue weighted by molar-refractivity contribution is 8.18. The second-order valence-electron chi connectivity index (χ2n) is 6.99. The highest BCUT2D eigenvalue weighted by Gasteiger charge is 2.35. The third kappa shape index (κ3) is 5.33. The highest BCUT2D eigenvalue weighted by Crippen LogP contribution is 2.34. The molecule has 32 heavy (non-hydrogen) atoms. The van der Waals surface area contributed by atoms with Gasteiger partial charge < -0.3 is 4.74 Å². The Hall–Kier alpha value is -2.80. The molecule has 0 aromatic heterocycles. The number of benzene rings is 3. The normalized spacial score (nSPS) is 15.0. The number of rotatable bonds is 6. The molecule has 0 spiro atoms. The fraction of sp³-hybridized carbons (Fsp3) is 0.0833. The topological polar surface area (TPSA) is 46.6 Å². The number of hydrogen-bond donors (Lipinski definition) is 0. The molecule has 0 N–H and O–H groups in total. The summed E-state index contributed by atoms with van der Waals surface area (Å²) in [7, 11) is 0. The van der Waals surface area contributed by atoms with Gasteiger partial charge in [-0.2, -0.15) is 0 Å². The van der Waals surface area contributed by atoms with Gasteiger partial charge >= 0.3 is 0 Å². The van der Waals surface area contributed by atoms with Crippen molar-refractivity contribution in [1.29, 1.82) is 0 Å². The third-order valence-electron chi connectivity index (χ3n) is 4.69. The van der Waals surface area contributed by atoms with E-state index >= 15 is 0 Å². The summed E-state index contributed by atoms with van der Waals surface area (Å²) < 4.78 is 19.0. The molecule has 2 amide bonds. The fourth-order valence-corrected chi connectivity index (χ4v) is 4.34. The smallest absolute Gasteiger partial charge is 0.293 e. The summed E-state index contributed by atoms with van der Waals surface area (Å²) in [6.45, 7) is 0.363. The lowest BCUT2D eigenvalue weighted by Gasteiger charge is -2.13. The Morgan fingerprint density at radius 1 is 1.00 bits per heavy atom. The number of thioether (sulfide) groups is 1. The van der Waals surface area contributed by atoms with E-state index in [0.29, 0.717) is 27.8 Å². The fourth-order valence-electron chi connectivity index (χ4n) is 3.06. The van der Waals surface area contributed by atoms with Gasteiger partial charge in [0.1, 0.15) is 18.2 Å². The maximum atomic E-state index is 13.2. The average Bonchev–Trinajstić information content (AvgIpc) is 3.02. The minimum atomic E-state index is -0.479. The molecule has 1 aliphatic rings. The van der Waals surface area contributed by atoms with Crippen LogP contribution in [-0.2, 0) is 17.9 Å². The molecule has 3 aromatic rings. The van der Waals surface area contributed by atoms with Crippen LogP contribution < -0.4 is 4.74 Å². The summed E-state index contributed by atoms with van der Waals surface area (Å²) in [5, 5.41) is 0.418. The van der Waals surface area contributed by atoms with Gasteiger partial charge in [-0.25, -0.2) is 4.39 Å². The zero-order valence-electron chi connectivity index (χ0n) is 16.6. The molecule has 0 aliphatic carbocycles. The van der Waals surface area contributed by atoms with Gasteiger partial charge in [0.2, 0.25) is 0 Å². The number of imide groups is 1. The summed E-state index contributed by atoms with van der Waals surface area (Å²) in [5.74, 6) is -0.226. The molecule has 0 atom stereocenters. The van der Waals surface area contributed by atoms with E-state index in [4.69, 9.17) is 27.9 Å². The Morgan fingerprint density at radius 3 is 2.50 bits per heavy atom. The van der Waals surface area contributed by atoms with E-state index in [9.17, 15) is 14.0 Å². The Morgan fingerprint density at radius 2 is 1.78 bits per heavy atom. The van der Waals surface area contributed by atoms with E-state index in [-0.39, 0.29) is 11.6 Å². The second kappa shape index (κ2) is 9.77. The molecule has 4 rings (SSSR count). The van der Waals surface area contributed by atoms with E-state index in [2.05, 4.69) is 0 Å². The third-order valence-corrected chi connectivity index (χ3v) is 6.18. The second-order valence-corrected chi connectivity index (χ2v) is 8.83. The molecule has 8 heteroatoms. The first-order valence-corrected chi connectivity index (χ1v) is 11.1. The van der Waals surface area contributed by atoms with Crippen molar-refractivity contribution in [2.75, 3.05) is 0 Å². The molecule has 3 aromatic carbocycles. The van der Waals surface area contributed by atoms with Gasteiger partial charge in [0, 0.05) is 10.0 Å². The van der Waals surface area contributed by atoms with E-state index in [1.165, 1.54) is 12.1 Å². The zero-order chi connectivity index (χ0) is 22.7. The Labute approximate surface area is 198 Å². The largest absolute Gasteiger partial charge is 0.489 e. The van der Waals surface area contributed by atoms with Crippen molar-refractivity contribution in [3.05, 3.63) is 104 Å². The first-order valence-electron chi connectivity index (χ1n) is 9.55. The van der Waals surface area contributed by atoms with Gasteiger partial charge in [-0.1, -0.05) is 53.5 Å². The molecule has 4 nitrogen and oxygen atoms in total. The number of nitrogens with zero attached hydrogens (tertiary/aromatic N) is 1. The van der Waals surface area contributed by atoms with Gasteiger partial charge in [0.15, 0.2) is 0 Å². The lowest BCUT2D eigenvalue weighted by molar-refractivity contribution is -0.123. The van der Waals surface area contributed by atoms with Crippen LogP contribution >= 0.6 is 35.0 Å². The number of carbonyl (C=O) groups is 2. The molecule has 0 radical (unpaired) electrons. The van der Waals surface area contributed by atoms with Crippen LogP contribution in [0.25, 0.3) is 6.08 Å². The van der Waals surface area contributed by atoms with Crippen molar-refractivity contribution in [3.63, 3.8) is 0 Å². The van der Waals surface area contributed by atoms with E-state index in [1.807, 2.05) is 18.2 Å². The van der Waals surface area contributed by atoms with Gasteiger partial charge in [-0.05, 0) is 70.9 Å². The average molecular weight is 488 g/mol. The summed E-state index contributed by atoms with van der Waals surface area (Å²) >= 11 is 12.9. The molecule has 0 bridgehead atoms. The quantitative estimate of drug-likeness (QED) is 0.353. The minimum absolute atomic E-state index is 0.0165. The van der Waals surface area contributed by atoms with E-state index in [0.717, 1.165) is 33.9 Å². The lowest BCUT2D eigenvalue weighted by Crippen LogP contribution is -2.27. The van der Waals surface area contributed by atoms with Gasteiger partial charge in [-0.3, -0.25) is 14.5 Å². The van der Waals surface area contributed by atoms with Gasteiger partial charge in [-0.15, -0.1) is 0 Å². The van der Waals surface area contributed by atoms with Crippen molar-refractivity contribution in [2.24, 2.45) is 0 Å².